The highest BCUT2D eigenvalue weighted by Gasteiger charge is 2.13. The third-order valence-electron chi connectivity index (χ3n) is 2.90. The molecule has 1 rings (SSSR count). The lowest BCUT2D eigenvalue weighted by molar-refractivity contribution is -0.127. The van der Waals surface area contributed by atoms with Crippen LogP contribution in [0.2, 0.25) is 0 Å². The van der Waals surface area contributed by atoms with Crippen LogP contribution >= 0.6 is 12.2 Å². The van der Waals surface area contributed by atoms with Gasteiger partial charge in [-0.25, -0.2) is 0 Å². The maximum Gasteiger partial charge on any atom is 0.260 e. The Balaban J connectivity index is 2.42. The molecular weight excluding hydrogens is 272 g/mol. The number of amides is 1. The average molecular weight is 294 g/mol. The zero-order valence-electron chi connectivity index (χ0n) is 12.0. The monoisotopic (exact) mass is 294 g/mol. The molecule has 0 aliphatic rings. The SMILES string of the molecule is CCCCCNC(=O)C(C)Oc1ccc(C(N)=S)cc1. The van der Waals surface area contributed by atoms with Crippen LogP contribution in [0, 0.1) is 0 Å². The molecule has 0 radical (unpaired) electrons. The highest BCUT2D eigenvalue weighted by atomic mass is 32.1. The molecule has 0 heterocycles. The quantitative estimate of drug-likeness (QED) is 0.571. The zero-order chi connectivity index (χ0) is 15.0. The maximum atomic E-state index is 11.8. The molecule has 20 heavy (non-hydrogen) atoms. The van der Waals surface area contributed by atoms with Gasteiger partial charge in [0.15, 0.2) is 6.10 Å². The second kappa shape index (κ2) is 8.53. The minimum atomic E-state index is -0.521. The lowest BCUT2D eigenvalue weighted by Gasteiger charge is -2.15. The Kier molecular flexibility index (Phi) is 7.01. The number of thiocarbonyl (C=S) groups is 1. The first-order valence-electron chi connectivity index (χ1n) is 6.88. The summed E-state index contributed by atoms with van der Waals surface area (Å²) < 4.78 is 5.57. The van der Waals surface area contributed by atoms with Gasteiger partial charge in [-0.1, -0.05) is 32.0 Å². The van der Waals surface area contributed by atoms with E-state index >= 15 is 0 Å². The van der Waals surface area contributed by atoms with E-state index in [9.17, 15) is 4.79 Å². The Morgan fingerprint density at radius 3 is 2.55 bits per heavy atom. The Morgan fingerprint density at radius 1 is 1.35 bits per heavy atom. The van der Waals surface area contributed by atoms with Gasteiger partial charge in [0, 0.05) is 12.1 Å². The van der Waals surface area contributed by atoms with Crippen LogP contribution in [0.5, 0.6) is 5.75 Å². The van der Waals surface area contributed by atoms with Crippen molar-refractivity contribution >= 4 is 23.1 Å². The number of ether oxygens (including phenoxy) is 1. The third-order valence-corrected chi connectivity index (χ3v) is 3.14. The van der Waals surface area contributed by atoms with Crippen LogP contribution in [-0.4, -0.2) is 23.5 Å². The molecular formula is C15H22N2O2S. The fourth-order valence-electron chi connectivity index (χ4n) is 1.69. The average Bonchev–Trinajstić information content (AvgIpc) is 2.44. The van der Waals surface area contributed by atoms with Crippen molar-refractivity contribution in [2.24, 2.45) is 5.73 Å². The molecule has 1 atom stereocenters. The van der Waals surface area contributed by atoms with Crippen molar-refractivity contribution < 1.29 is 9.53 Å². The lowest BCUT2D eigenvalue weighted by atomic mass is 10.2. The Labute approximate surface area is 125 Å². The first-order valence-corrected chi connectivity index (χ1v) is 7.29. The molecule has 4 nitrogen and oxygen atoms in total. The van der Waals surface area contributed by atoms with Gasteiger partial charge in [-0.05, 0) is 37.6 Å². The molecule has 0 saturated heterocycles. The van der Waals surface area contributed by atoms with Crippen molar-refractivity contribution in [1.82, 2.24) is 5.32 Å². The molecule has 5 heteroatoms. The molecule has 0 fully saturated rings. The smallest absolute Gasteiger partial charge is 0.260 e. The highest BCUT2D eigenvalue weighted by Crippen LogP contribution is 2.14. The number of hydrogen-bond acceptors (Lipinski definition) is 3. The van der Waals surface area contributed by atoms with Gasteiger partial charge >= 0.3 is 0 Å². The van der Waals surface area contributed by atoms with Crippen molar-refractivity contribution in [2.75, 3.05) is 6.54 Å². The van der Waals surface area contributed by atoms with Crippen molar-refractivity contribution in [2.45, 2.75) is 39.2 Å². The van der Waals surface area contributed by atoms with Gasteiger partial charge in [-0.15, -0.1) is 0 Å². The van der Waals surface area contributed by atoms with Crippen molar-refractivity contribution in [1.29, 1.82) is 0 Å². The topological polar surface area (TPSA) is 64.3 Å². The summed E-state index contributed by atoms with van der Waals surface area (Å²) in [5, 5.41) is 2.86. The third kappa shape index (κ3) is 5.57. The minimum absolute atomic E-state index is 0.0977. The number of rotatable bonds is 8. The number of carbonyl (C=O) groups excluding carboxylic acids is 1. The Morgan fingerprint density at radius 2 is 2.00 bits per heavy atom. The predicted octanol–water partition coefficient (Wildman–Crippen LogP) is 2.39. The van der Waals surface area contributed by atoms with E-state index in [0.29, 0.717) is 17.3 Å². The first kappa shape index (κ1) is 16.4. The van der Waals surface area contributed by atoms with Crippen LogP contribution in [0.25, 0.3) is 0 Å². The second-order valence-electron chi connectivity index (χ2n) is 4.65. The van der Waals surface area contributed by atoms with E-state index in [1.807, 2.05) is 0 Å². The molecule has 0 aliphatic heterocycles. The predicted molar refractivity (Wildman–Crippen MR) is 85.0 cm³/mol. The van der Waals surface area contributed by atoms with E-state index in [0.717, 1.165) is 24.8 Å². The largest absolute Gasteiger partial charge is 0.481 e. The summed E-state index contributed by atoms with van der Waals surface area (Å²) >= 11 is 4.88. The number of unbranched alkanes of at least 4 members (excludes halogenated alkanes) is 2. The van der Waals surface area contributed by atoms with Crippen molar-refractivity contribution in [3.63, 3.8) is 0 Å². The number of hydrogen-bond donors (Lipinski definition) is 2. The summed E-state index contributed by atoms with van der Waals surface area (Å²) in [5.74, 6) is 0.528. The first-order chi connectivity index (χ1) is 9.54. The highest BCUT2D eigenvalue weighted by molar-refractivity contribution is 7.80. The molecule has 0 aliphatic carbocycles. The van der Waals surface area contributed by atoms with Crippen LogP contribution in [0.3, 0.4) is 0 Å². The van der Waals surface area contributed by atoms with Crippen LogP contribution in [0.15, 0.2) is 24.3 Å². The molecule has 1 aromatic rings. The van der Waals surface area contributed by atoms with Gasteiger partial charge < -0.3 is 15.8 Å². The van der Waals surface area contributed by atoms with Crippen molar-refractivity contribution in [3.05, 3.63) is 29.8 Å². The van der Waals surface area contributed by atoms with Crippen LogP contribution in [-0.2, 0) is 4.79 Å². The summed E-state index contributed by atoms with van der Waals surface area (Å²) in [4.78, 5) is 12.2. The molecule has 1 aromatic carbocycles. The summed E-state index contributed by atoms with van der Waals surface area (Å²) in [6.45, 7) is 4.56. The van der Waals surface area contributed by atoms with E-state index in [4.69, 9.17) is 22.7 Å². The molecule has 0 aromatic heterocycles. The Bertz CT molecular complexity index is 446. The summed E-state index contributed by atoms with van der Waals surface area (Å²) in [6, 6.07) is 7.08. The lowest BCUT2D eigenvalue weighted by Crippen LogP contribution is -2.36. The summed E-state index contributed by atoms with van der Waals surface area (Å²) in [5.41, 5.74) is 6.30. The van der Waals surface area contributed by atoms with E-state index < -0.39 is 6.10 Å². The normalized spacial score (nSPS) is 11.7. The number of carbonyl (C=O) groups is 1. The molecule has 1 unspecified atom stereocenters. The second-order valence-corrected chi connectivity index (χ2v) is 5.09. The standard InChI is InChI=1S/C15H22N2O2S/c1-3-4-5-10-17-15(18)11(2)19-13-8-6-12(7-9-13)14(16)20/h6-9,11H,3-5,10H2,1-2H3,(H2,16,20)(H,17,18). The fourth-order valence-corrected chi connectivity index (χ4v) is 1.82. The van der Waals surface area contributed by atoms with Gasteiger partial charge in [-0.3, -0.25) is 4.79 Å². The fraction of sp³-hybridized carbons (Fsp3) is 0.467. The van der Waals surface area contributed by atoms with Gasteiger partial charge in [0.05, 0.1) is 0 Å². The van der Waals surface area contributed by atoms with E-state index in [2.05, 4.69) is 12.2 Å². The molecule has 0 bridgehead atoms. The van der Waals surface area contributed by atoms with Gasteiger partial charge in [0.1, 0.15) is 10.7 Å². The van der Waals surface area contributed by atoms with Crippen LogP contribution in [0.4, 0.5) is 0 Å². The molecule has 0 saturated carbocycles. The number of nitrogens with one attached hydrogen (secondary N) is 1. The Hall–Kier alpha value is -1.62. The van der Waals surface area contributed by atoms with E-state index in [1.54, 1.807) is 31.2 Å². The van der Waals surface area contributed by atoms with Gasteiger partial charge in [0.25, 0.3) is 5.91 Å². The maximum absolute atomic E-state index is 11.8. The number of nitrogens with two attached hydrogens (primary N) is 1. The van der Waals surface area contributed by atoms with Gasteiger partial charge in [-0.2, -0.15) is 0 Å². The molecule has 3 N–H and O–H groups in total. The summed E-state index contributed by atoms with van der Waals surface area (Å²) in [6.07, 6.45) is 2.73. The van der Waals surface area contributed by atoms with E-state index in [-0.39, 0.29) is 5.91 Å². The summed E-state index contributed by atoms with van der Waals surface area (Å²) in [7, 11) is 0. The van der Waals surface area contributed by atoms with Crippen LogP contribution in [0.1, 0.15) is 38.7 Å². The minimum Gasteiger partial charge on any atom is -0.481 e. The van der Waals surface area contributed by atoms with Crippen molar-refractivity contribution in [3.8, 4) is 5.75 Å². The molecule has 0 spiro atoms. The number of benzene rings is 1. The van der Waals surface area contributed by atoms with E-state index in [1.165, 1.54) is 0 Å². The van der Waals surface area contributed by atoms with Gasteiger partial charge in [0.2, 0.25) is 0 Å². The molecule has 110 valence electrons. The zero-order valence-corrected chi connectivity index (χ0v) is 12.8. The van der Waals surface area contributed by atoms with Crippen LogP contribution < -0.4 is 15.8 Å². The molecule has 1 amide bonds.